The van der Waals surface area contributed by atoms with Gasteiger partial charge in [0.25, 0.3) is 0 Å². The van der Waals surface area contributed by atoms with Gasteiger partial charge in [0, 0.05) is 12.2 Å². The van der Waals surface area contributed by atoms with Crippen molar-refractivity contribution in [2.45, 2.75) is 71.6 Å². The average Bonchev–Trinajstić information content (AvgIpc) is 2.86. The number of rotatable bonds is 17. The molecular weight excluding hydrogens is 462 g/mol. The summed E-state index contributed by atoms with van der Waals surface area (Å²) in [6.45, 7) is 8.03. The van der Waals surface area contributed by atoms with E-state index >= 15 is 0 Å². The highest BCUT2D eigenvalue weighted by molar-refractivity contribution is 5.86. The molecule has 2 rings (SSSR count). The molecule has 4 nitrogen and oxygen atoms in total. The van der Waals surface area contributed by atoms with E-state index in [2.05, 4.69) is 25.6 Å². The molecule has 0 aliphatic rings. The molecule has 0 bridgehead atoms. The van der Waals surface area contributed by atoms with Gasteiger partial charge in [-0.05, 0) is 93.0 Å². The summed E-state index contributed by atoms with van der Waals surface area (Å²) in [5.74, 6) is -1.35. The lowest BCUT2D eigenvalue weighted by Gasteiger charge is -2.17. The molecule has 2 aromatic rings. The minimum Gasteiger partial charge on any atom is -0.494 e. The van der Waals surface area contributed by atoms with Gasteiger partial charge in [0.1, 0.15) is 5.75 Å². The number of carbonyl (C=O) groups excluding carboxylic acids is 1. The molecule has 0 saturated carbocycles. The van der Waals surface area contributed by atoms with Crippen molar-refractivity contribution in [3.8, 4) is 5.75 Å². The number of unbranched alkanes of at least 4 members (excludes halogenated alkanes) is 2. The van der Waals surface area contributed by atoms with E-state index in [1.54, 1.807) is 19.1 Å². The third-order valence-corrected chi connectivity index (χ3v) is 6.25. The maximum absolute atomic E-state index is 14.8. The summed E-state index contributed by atoms with van der Waals surface area (Å²) in [4.78, 5) is 11.5. The van der Waals surface area contributed by atoms with Gasteiger partial charge in [-0.25, -0.2) is 13.6 Å². The number of carbonyl (C=O) groups is 1. The van der Waals surface area contributed by atoms with Gasteiger partial charge in [-0.1, -0.05) is 44.2 Å². The summed E-state index contributed by atoms with van der Waals surface area (Å²) >= 11 is 0. The molecule has 0 aromatic heterocycles. The highest BCUT2D eigenvalue weighted by Gasteiger charge is 2.18. The molecular formula is C30H40F2O4. The van der Waals surface area contributed by atoms with E-state index in [1.807, 2.05) is 12.1 Å². The number of hydrogen-bond donors (Lipinski definition) is 1. The summed E-state index contributed by atoms with van der Waals surface area (Å²) in [5.41, 5.74) is 2.17. The molecule has 6 heteroatoms. The SMILES string of the molecule is C=C(C)C(=O)OCCC(CCO)Cc1ccc(CCCCc2ccc(OCCCC)cc2)c(F)c1F. The molecule has 0 aliphatic carbocycles. The van der Waals surface area contributed by atoms with Crippen molar-refractivity contribution in [3.63, 3.8) is 0 Å². The first kappa shape index (κ1) is 29.5. The molecule has 0 spiro atoms. The van der Waals surface area contributed by atoms with Gasteiger partial charge in [-0.3, -0.25) is 0 Å². The van der Waals surface area contributed by atoms with Gasteiger partial charge in [0.2, 0.25) is 0 Å². The van der Waals surface area contributed by atoms with Gasteiger partial charge in [-0.15, -0.1) is 0 Å². The third-order valence-electron chi connectivity index (χ3n) is 6.25. The lowest BCUT2D eigenvalue weighted by Crippen LogP contribution is -2.14. The maximum atomic E-state index is 14.8. The van der Waals surface area contributed by atoms with Crippen LogP contribution in [0.4, 0.5) is 8.78 Å². The maximum Gasteiger partial charge on any atom is 0.333 e. The Kier molecular flexibility index (Phi) is 13.2. The Balaban J connectivity index is 1.83. The number of hydrogen-bond acceptors (Lipinski definition) is 4. The molecule has 0 radical (unpaired) electrons. The van der Waals surface area contributed by atoms with E-state index in [0.717, 1.165) is 44.5 Å². The van der Waals surface area contributed by atoms with Gasteiger partial charge >= 0.3 is 5.97 Å². The summed E-state index contributed by atoms with van der Waals surface area (Å²) in [6, 6.07) is 11.4. The van der Waals surface area contributed by atoms with Crippen LogP contribution in [0.5, 0.6) is 5.75 Å². The predicted octanol–water partition coefficient (Wildman–Crippen LogP) is 6.76. The van der Waals surface area contributed by atoms with Gasteiger partial charge < -0.3 is 14.6 Å². The molecule has 0 heterocycles. The second kappa shape index (κ2) is 16.1. The number of ether oxygens (including phenoxy) is 2. The van der Waals surface area contributed by atoms with Crippen LogP contribution in [0.3, 0.4) is 0 Å². The largest absolute Gasteiger partial charge is 0.494 e. The Hall–Kier alpha value is -2.73. The van der Waals surface area contributed by atoms with E-state index in [-0.39, 0.29) is 31.1 Å². The van der Waals surface area contributed by atoms with Gasteiger partial charge in [-0.2, -0.15) is 0 Å². The highest BCUT2D eigenvalue weighted by Crippen LogP contribution is 2.24. The van der Waals surface area contributed by atoms with Crippen molar-refractivity contribution in [3.05, 3.63) is 76.9 Å². The van der Waals surface area contributed by atoms with Crippen molar-refractivity contribution in [1.29, 1.82) is 0 Å². The topological polar surface area (TPSA) is 55.8 Å². The van der Waals surface area contributed by atoms with E-state index < -0.39 is 17.6 Å². The number of aryl methyl sites for hydroxylation is 2. The van der Waals surface area contributed by atoms with Crippen molar-refractivity contribution in [2.75, 3.05) is 19.8 Å². The lowest BCUT2D eigenvalue weighted by atomic mass is 9.92. The Bertz CT molecular complexity index is 956. The first-order chi connectivity index (χ1) is 17.3. The molecule has 1 unspecified atom stereocenters. The van der Waals surface area contributed by atoms with Crippen LogP contribution in [0.1, 0.15) is 69.1 Å². The summed E-state index contributed by atoms with van der Waals surface area (Å²) in [5, 5.41) is 9.34. The Labute approximate surface area is 214 Å². The third kappa shape index (κ3) is 10.1. The average molecular weight is 503 g/mol. The molecule has 0 fully saturated rings. The van der Waals surface area contributed by atoms with Crippen LogP contribution in [0.2, 0.25) is 0 Å². The van der Waals surface area contributed by atoms with Crippen LogP contribution >= 0.6 is 0 Å². The molecule has 0 aliphatic heterocycles. The zero-order valence-corrected chi connectivity index (χ0v) is 21.7. The fourth-order valence-electron chi connectivity index (χ4n) is 3.99. The predicted molar refractivity (Wildman–Crippen MR) is 139 cm³/mol. The number of aliphatic hydroxyl groups is 1. The van der Waals surface area contributed by atoms with Crippen LogP contribution in [0.25, 0.3) is 0 Å². The number of benzene rings is 2. The molecule has 0 saturated heterocycles. The zero-order chi connectivity index (χ0) is 26.3. The lowest BCUT2D eigenvalue weighted by molar-refractivity contribution is -0.139. The summed E-state index contributed by atoms with van der Waals surface area (Å²) in [7, 11) is 0. The number of esters is 1. The fraction of sp³-hybridized carbons (Fsp3) is 0.500. The molecule has 0 amide bonds. The summed E-state index contributed by atoms with van der Waals surface area (Å²) in [6.07, 6.45) is 6.25. The molecule has 2 aromatic carbocycles. The van der Waals surface area contributed by atoms with Crippen LogP contribution in [-0.2, 0) is 28.8 Å². The molecule has 198 valence electrons. The monoisotopic (exact) mass is 502 g/mol. The Morgan fingerprint density at radius 2 is 1.61 bits per heavy atom. The second-order valence-electron chi connectivity index (χ2n) is 9.35. The van der Waals surface area contributed by atoms with E-state index in [9.17, 15) is 18.7 Å². The van der Waals surface area contributed by atoms with Crippen molar-refractivity contribution in [2.24, 2.45) is 5.92 Å². The molecule has 1 N–H and O–H groups in total. The minimum absolute atomic E-state index is 0.0735. The van der Waals surface area contributed by atoms with Crippen molar-refractivity contribution < 1.29 is 28.2 Å². The second-order valence-corrected chi connectivity index (χ2v) is 9.35. The smallest absolute Gasteiger partial charge is 0.333 e. The quantitative estimate of drug-likeness (QED) is 0.148. The minimum atomic E-state index is -0.826. The van der Waals surface area contributed by atoms with Crippen molar-refractivity contribution in [1.82, 2.24) is 0 Å². The fourth-order valence-corrected chi connectivity index (χ4v) is 3.99. The number of halogens is 2. The van der Waals surface area contributed by atoms with Crippen molar-refractivity contribution >= 4 is 5.97 Å². The highest BCUT2D eigenvalue weighted by atomic mass is 19.2. The van der Waals surface area contributed by atoms with Crippen LogP contribution in [-0.4, -0.2) is 30.9 Å². The first-order valence-electron chi connectivity index (χ1n) is 13.0. The zero-order valence-electron chi connectivity index (χ0n) is 21.7. The van der Waals surface area contributed by atoms with Gasteiger partial charge in [0.15, 0.2) is 11.6 Å². The first-order valence-corrected chi connectivity index (χ1v) is 13.0. The van der Waals surface area contributed by atoms with Crippen LogP contribution in [0.15, 0.2) is 48.6 Å². The normalized spacial score (nSPS) is 11.8. The van der Waals surface area contributed by atoms with Crippen LogP contribution in [0, 0.1) is 17.6 Å². The van der Waals surface area contributed by atoms with E-state index in [0.29, 0.717) is 30.4 Å². The van der Waals surface area contributed by atoms with Gasteiger partial charge in [0.05, 0.1) is 13.2 Å². The molecule has 1 atom stereocenters. The van der Waals surface area contributed by atoms with Crippen LogP contribution < -0.4 is 4.74 Å². The van der Waals surface area contributed by atoms with E-state index in [1.165, 1.54) is 5.56 Å². The summed E-state index contributed by atoms with van der Waals surface area (Å²) < 4.78 is 40.3. The number of aliphatic hydroxyl groups excluding tert-OH is 1. The Morgan fingerprint density at radius 3 is 2.28 bits per heavy atom. The molecule has 36 heavy (non-hydrogen) atoms. The standard InChI is InChI=1S/C30H40F2O4/c1-4-5-19-35-27-14-10-23(11-15-27)8-6-7-9-25-12-13-26(29(32)28(25)31)21-24(16-18-33)17-20-36-30(34)22(2)3/h10-15,24,33H,2,4-9,16-21H2,1,3H3. The Morgan fingerprint density at radius 1 is 0.944 bits per heavy atom. The van der Waals surface area contributed by atoms with E-state index in [4.69, 9.17) is 9.47 Å².